The molecule has 2 aromatic rings. The lowest BCUT2D eigenvalue weighted by molar-refractivity contribution is -0.141. The average Bonchev–Trinajstić information content (AvgIpc) is 2.64. The summed E-state index contributed by atoms with van der Waals surface area (Å²) in [5.41, 5.74) is -0.947. The second-order valence-corrected chi connectivity index (χ2v) is 3.15. The maximum absolute atomic E-state index is 12.3. The molecule has 0 unspecified atom stereocenters. The minimum atomic E-state index is -4.53. The molecule has 0 aliphatic rings. The number of alkyl halides is 3. The zero-order chi connectivity index (χ0) is 11.9. The summed E-state index contributed by atoms with van der Waals surface area (Å²) in [6, 6.07) is 0.808. The van der Waals surface area contributed by atoms with Crippen LogP contribution in [-0.2, 0) is 17.5 Å². The second kappa shape index (κ2) is 3.26. The molecule has 0 aliphatic heterocycles. The van der Waals surface area contributed by atoms with Crippen LogP contribution in [0.5, 0.6) is 0 Å². The highest BCUT2D eigenvalue weighted by atomic mass is 19.4. The van der Waals surface area contributed by atoms with E-state index in [0.29, 0.717) is 0 Å². The van der Waals surface area contributed by atoms with Crippen LogP contribution in [0.15, 0.2) is 18.5 Å². The lowest BCUT2D eigenvalue weighted by Gasteiger charge is -1.99. The van der Waals surface area contributed by atoms with Gasteiger partial charge in [0.1, 0.15) is 12.2 Å². The minimum Gasteiger partial charge on any atom is -0.480 e. The van der Waals surface area contributed by atoms with Crippen molar-refractivity contribution < 1.29 is 23.1 Å². The van der Waals surface area contributed by atoms with Gasteiger partial charge in [0, 0.05) is 18.5 Å². The Kier molecular flexibility index (Phi) is 2.14. The number of aromatic nitrogens is 3. The number of aliphatic carboxylic acids is 1. The molecule has 0 aromatic carbocycles. The van der Waals surface area contributed by atoms with Crippen LogP contribution >= 0.6 is 0 Å². The smallest absolute Gasteiger partial charge is 0.435 e. The molecule has 0 amide bonds. The monoisotopic (exact) mass is 233 g/mol. The van der Waals surface area contributed by atoms with E-state index in [9.17, 15) is 18.0 Å². The second-order valence-electron chi connectivity index (χ2n) is 3.15. The van der Waals surface area contributed by atoms with Crippen molar-refractivity contribution in [1.82, 2.24) is 14.2 Å². The van der Waals surface area contributed by atoms with E-state index in [1.54, 1.807) is 0 Å². The number of hydrogen-bond donors (Lipinski definition) is 1. The van der Waals surface area contributed by atoms with Crippen molar-refractivity contribution in [3.63, 3.8) is 0 Å². The summed E-state index contributed by atoms with van der Waals surface area (Å²) in [5.74, 6) is -1.13. The molecule has 0 spiro atoms. The van der Waals surface area contributed by atoms with Gasteiger partial charge in [-0.2, -0.15) is 18.3 Å². The number of carbonyl (C=O) groups is 1. The predicted molar refractivity (Wildman–Crippen MR) is 45.8 cm³/mol. The van der Waals surface area contributed by atoms with E-state index in [4.69, 9.17) is 5.11 Å². The van der Waals surface area contributed by atoms with Crippen LogP contribution < -0.4 is 0 Å². The number of hydrogen-bond acceptors (Lipinski definition) is 2. The fraction of sp³-hybridized carbons (Fsp3) is 0.250. The third-order valence-electron chi connectivity index (χ3n) is 1.99. The summed E-state index contributed by atoms with van der Waals surface area (Å²) in [7, 11) is 0. The van der Waals surface area contributed by atoms with Gasteiger partial charge < -0.3 is 9.67 Å². The molecule has 86 valence electrons. The van der Waals surface area contributed by atoms with Crippen molar-refractivity contribution >= 4 is 11.6 Å². The Balaban J connectivity index is 2.47. The van der Waals surface area contributed by atoms with Crippen molar-refractivity contribution in [3.05, 3.63) is 24.2 Å². The van der Waals surface area contributed by atoms with E-state index >= 15 is 0 Å². The normalized spacial score (nSPS) is 12.2. The Labute approximate surface area is 86.7 Å². The van der Waals surface area contributed by atoms with E-state index in [0.717, 1.165) is 10.6 Å². The summed E-state index contributed by atoms with van der Waals surface area (Å²) in [6.07, 6.45) is -1.90. The van der Waals surface area contributed by atoms with Crippen molar-refractivity contribution in [2.75, 3.05) is 0 Å². The Morgan fingerprint density at radius 2 is 2.12 bits per heavy atom. The molecular formula is C8H6F3N3O2. The number of nitrogens with zero attached hydrogens (tertiary/aromatic N) is 3. The van der Waals surface area contributed by atoms with Crippen LogP contribution in [0.4, 0.5) is 13.2 Å². The lowest BCUT2D eigenvalue weighted by atomic mass is 10.4. The van der Waals surface area contributed by atoms with E-state index in [1.807, 2.05) is 0 Å². The molecule has 5 nitrogen and oxygen atoms in total. The predicted octanol–water partition coefficient (Wildman–Crippen LogP) is 1.24. The Morgan fingerprint density at radius 1 is 1.44 bits per heavy atom. The molecule has 1 N–H and O–H groups in total. The third-order valence-corrected chi connectivity index (χ3v) is 1.99. The molecule has 0 bridgehead atoms. The summed E-state index contributed by atoms with van der Waals surface area (Å²) < 4.78 is 39.1. The fourth-order valence-electron chi connectivity index (χ4n) is 1.35. The minimum absolute atomic E-state index is 0.0923. The molecule has 2 heterocycles. The van der Waals surface area contributed by atoms with Gasteiger partial charge in [0.25, 0.3) is 0 Å². The van der Waals surface area contributed by atoms with Crippen molar-refractivity contribution in [2.24, 2.45) is 0 Å². The maximum atomic E-state index is 12.3. The number of imidazole rings is 1. The zero-order valence-corrected chi connectivity index (χ0v) is 7.77. The Morgan fingerprint density at radius 3 is 2.69 bits per heavy atom. The number of carboxylic acid groups (broad SMARTS) is 1. The van der Waals surface area contributed by atoms with Gasteiger partial charge >= 0.3 is 12.1 Å². The molecule has 0 saturated carbocycles. The van der Waals surface area contributed by atoms with Crippen LogP contribution in [0.25, 0.3) is 5.65 Å². The van der Waals surface area contributed by atoms with E-state index in [-0.39, 0.29) is 5.65 Å². The largest absolute Gasteiger partial charge is 0.480 e. The quantitative estimate of drug-likeness (QED) is 0.848. The first-order valence-corrected chi connectivity index (χ1v) is 4.21. The molecule has 0 radical (unpaired) electrons. The molecule has 0 fully saturated rings. The van der Waals surface area contributed by atoms with Crippen molar-refractivity contribution in [3.8, 4) is 0 Å². The first kappa shape index (κ1) is 10.5. The number of rotatable bonds is 2. The van der Waals surface area contributed by atoms with Gasteiger partial charge in [-0.05, 0) is 0 Å². The van der Waals surface area contributed by atoms with E-state index in [2.05, 4.69) is 5.10 Å². The molecule has 8 heteroatoms. The van der Waals surface area contributed by atoms with Crippen LogP contribution in [0.3, 0.4) is 0 Å². The van der Waals surface area contributed by atoms with E-state index < -0.39 is 24.4 Å². The summed E-state index contributed by atoms with van der Waals surface area (Å²) >= 11 is 0. The van der Waals surface area contributed by atoms with Crippen LogP contribution in [-0.4, -0.2) is 25.3 Å². The van der Waals surface area contributed by atoms with Gasteiger partial charge in [0.05, 0.1) is 0 Å². The summed E-state index contributed by atoms with van der Waals surface area (Å²) in [6.45, 7) is -0.403. The topological polar surface area (TPSA) is 59.5 Å². The first-order chi connectivity index (χ1) is 7.38. The van der Waals surface area contributed by atoms with Crippen LogP contribution in [0, 0.1) is 0 Å². The molecule has 0 aliphatic carbocycles. The average molecular weight is 233 g/mol. The highest BCUT2D eigenvalue weighted by Crippen LogP contribution is 2.28. The molecule has 0 saturated heterocycles. The van der Waals surface area contributed by atoms with Gasteiger partial charge in [0.2, 0.25) is 0 Å². The van der Waals surface area contributed by atoms with Crippen LogP contribution in [0.1, 0.15) is 5.69 Å². The fourth-order valence-corrected chi connectivity index (χ4v) is 1.35. The lowest BCUT2D eigenvalue weighted by Crippen LogP contribution is -2.07. The van der Waals surface area contributed by atoms with Gasteiger partial charge in [-0.15, -0.1) is 0 Å². The molecule has 2 rings (SSSR count). The van der Waals surface area contributed by atoms with Crippen molar-refractivity contribution in [1.29, 1.82) is 0 Å². The van der Waals surface area contributed by atoms with Gasteiger partial charge in [-0.25, -0.2) is 4.52 Å². The number of carboxylic acids is 1. The number of halogens is 3. The maximum Gasteiger partial charge on any atom is 0.435 e. The van der Waals surface area contributed by atoms with E-state index in [1.165, 1.54) is 17.0 Å². The number of fused-ring (bicyclic) bond motifs is 1. The van der Waals surface area contributed by atoms with Gasteiger partial charge in [-0.3, -0.25) is 4.79 Å². The summed E-state index contributed by atoms with van der Waals surface area (Å²) in [4.78, 5) is 10.4. The first-order valence-electron chi connectivity index (χ1n) is 4.21. The zero-order valence-electron chi connectivity index (χ0n) is 7.77. The molecule has 0 atom stereocenters. The van der Waals surface area contributed by atoms with Crippen LogP contribution in [0.2, 0.25) is 0 Å². The standard InChI is InChI=1S/C8H6F3N3O2/c9-8(10,11)5-3-6-13(4-7(15)16)1-2-14(6)12-5/h1-3H,4H2,(H,15,16). The molecule has 16 heavy (non-hydrogen) atoms. The molecular weight excluding hydrogens is 227 g/mol. The third kappa shape index (κ3) is 1.73. The van der Waals surface area contributed by atoms with Crippen molar-refractivity contribution in [2.45, 2.75) is 12.7 Å². The molecule has 2 aromatic heterocycles. The summed E-state index contributed by atoms with van der Waals surface area (Å²) in [5, 5.41) is 11.8. The van der Waals surface area contributed by atoms with Gasteiger partial charge in [0.15, 0.2) is 5.69 Å². The Bertz CT molecular complexity index is 540. The van der Waals surface area contributed by atoms with Gasteiger partial charge in [-0.1, -0.05) is 0 Å². The SMILES string of the molecule is O=C(O)Cn1ccn2nc(C(F)(F)F)cc12. The Hall–Kier alpha value is -1.99. The highest BCUT2D eigenvalue weighted by Gasteiger charge is 2.34. The highest BCUT2D eigenvalue weighted by molar-refractivity contribution is 5.67.